The Hall–Kier alpha value is -2.08. The number of benzene rings is 1. The maximum atomic E-state index is 12.5. The molecule has 1 aliphatic carbocycles. The number of rotatable bonds is 6. The Bertz CT molecular complexity index is 642. The van der Waals surface area contributed by atoms with Gasteiger partial charge in [0, 0.05) is 18.2 Å². The Morgan fingerprint density at radius 3 is 2.56 bits per heavy atom. The van der Waals surface area contributed by atoms with Crippen LogP contribution in [-0.4, -0.2) is 30.9 Å². The second kappa shape index (κ2) is 9.42. The lowest BCUT2D eigenvalue weighted by atomic mass is 9.95. The molecule has 0 atom stereocenters. The van der Waals surface area contributed by atoms with Crippen LogP contribution in [0.4, 0.5) is 5.69 Å². The first-order chi connectivity index (χ1) is 12.0. The van der Waals surface area contributed by atoms with Crippen LogP contribution in [0.2, 0.25) is 5.02 Å². The molecule has 1 aliphatic rings. The number of carbonyl (C=O) groups excluding carboxylic acids is 3. The van der Waals surface area contributed by atoms with Crippen LogP contribution in [0.15, 0.2) is 18.2 Å². The van der Waals surface area contributed by atoms with Gasteiger partial charge in [-0.1, -0.05) is 30.9 Å². The van der Waals surface area contributed by atoms with Crippen LogP contribution in [0.1, 0.15) is 55.3 Å². The number of ether oxygens (including phenoxy) is 1. The van der Waals surface area contributed by atoms with E-state index in [1.165, 1.54) is 13.5 Å². The molecule has 6 nitrogen and oxygen atoms in total. The zero-order chi connectivity index (χ0) is 18.2. The quantitative estimate of drug-likeness (QED) is 0.756. The number of hydrogen-bond donors (Lipinski definition) is 2. The summed E-state index contributed by atoms with van der Waals surface area (Å²) in [6.07, 6.45) is 5.43. The number of anilines is 1. The summed E-state index contributed by atoms with van der Waals surface area (Å²) in [5.74, 6) is -1.01. The van der Waals surface area contributed by atoms with Gasteiger partial charge in [0.1, 0.15) is 0 Å². The van der Waals surface area contributed by atoms with Gasteiger partial charge in [-0.2, -0.15) is 0 Å². The molecule has 0 heterocycles. The molecule has 0 radical (unpaired) electrons. The van der Waals surface area contributed by atoms with Crippen molar-refractivity contribution in [3.05, 3.63) is 28.8 Å². The Morgan fingerprint density at radius 1 is 1.16 bits per heavy atom. The third kappa shape index (κ3) is 6.05. The molecule has 136 valence electrons. The van der Waals surface area contributed by atoms with E-state index >= 15 is 0 Å². The summed E-state index contributed by atoms with van der Waals surface area (Å²) < 4.78 is 4.50. The molecular weight excluding hydrogens is 344 g/mol. The molecule has 1 aromatic carbocycles. The number of hydrogen-bond acceptors (Lipinski definition) is 4. The van der Waals surface area contributed by atoms with Crippen molar-refractivity contribution in [2.45, 2.75) is 51.0 Å². The highest BCUT2D eigenvalue weighted by molar-refractivity contribution is 6.34. The van der Waals surface area contributed by atoms with Crippen molar-refractivity contribution < 1.29 is 19.1 Å². The molecule has 2 amide bonds. The van der Waals surface area contributed by atoms with Crippen LogP contribution >= 0.6 is 11.6 Å². The van der Waals surface area contributed by atoms with Crippen molar-refractivity contribution in [1.82, 2.24) is 5.32 Å². The average molecular weight is 367 g/mol. The first kappa shape index (κ1) is 19.2. The number of nitrogens with one attached hydrogen (secondary N) is 2. The van der Waals surface area contributed by atoms with Gasteiger partial charge in [0.05, 0.1) is 24.1 Å². The van der Waals surface area contributed by atoms with Crippen LogP contribution in [0.3, 0.4) is 0 Å². The predicted octanol–water partition coefficient (Wildman–Crippen LogP) is 3.29. The predicted molar refractivity (Wildman–Crippen MR) is 95.7 cm³/mol. The van der Waals surface area contributed by atoms with Crippen molar-refractivity contribution in [2.24, 2.45) is 0 Å². The van der Waals surface area contributed by atoms with Crippen LogP contribution in [0, 0.1) is 0 Å². The van der Waals surface area contributed by atoms with E-state index in [0.717, 1.165) is 25.7 Å². The van der Waals surface area contributed by atoms with Gasteiger partial charge in [-0.25, -0.2) is 0 Å². The summed E-state index contributed by atoms with van der Waals surface area (Å²) >= 11 is 6.13. The van der Waals surface area contributed by atoms with Gasteiger partial charge in [0.15, 0.2) is 0 Å². The van der Waals surface area contributed by atoms with Crippen LogP contribution in [0.5, 0.6) is 0 Å². The normalized spacial score (nSPS) is 14.6. The van der Waals surface area contributed by atoms with Gasteiger partial charge >= 0.3 is 5.97 Å². The largest absolute Gasteiger partial charge is 0.469 e. The second-order valence-corrected chi connectivity index (χ2v) is 6.53. The topological polar surface area (TPSA) is 84.5 Å². The molecule has 1 aromatic rings. The Kier molecular flexibility index (Phi) is 7.25. The third-order valence-corrected chi connectivity index (χ3v) is 4.55. The number of esters is 1. The van der Waals surface area contributed by atoms with Gasteiger partial charge in [0.2, 0.25) is 5.91 Å². The lowest BCUT2D eigenvalue weighted by Gasteiger charge is -2.23. The molecular formula is C18H23ClN2O4. The number of carbonyl (C=O) groups is 3. The van der Waals surface area contributed by atoms with Gasteiger partial charge in [-0.15, -0.1) is 0 Å². The van der Waals surface area contributed by atoms with Gasteiger partial charge in [-0.3, -0.25) is 14.4 Å². The maximum Gasteiger partial charge on any atom is 0.306 e. The Balaban J connectivity index is 1.97. The summed E-state index contributed by atoms with van der Waals surface area (Å²) in [4.78, 5) is 35.4. The summed E-state index contributed by atoms with van der Waals surface area (Å²) in [6, 6.07) is 4.93. The first-order valence-corrected chi connectivity index (χ1v) is 8.84. The van der Waals surface area contributed by atoms with E-state index in [9.17, 15) is 14.4 Å². The number of halogens is 1. The van der Waals surface area contributed by atoms with Crippen molar-refractivity contribution in [3.8, 4) is 0 Å². The zero-order valence-corrected chi connectivity index (χ0v) is 15.0. The molecule has 0 bridgehead atoms. The highest BCUT2D eigenvalue weighted by Gasteiger charge is 2.19. The highest BCUT2D eigenvalue weighted by Crippen LogP contribution is 2.23. The molecule has 0 saturated heterocycles. The van der Waals surface area contributed by atoms with E-state index in [-0.39, 0.29) is 30.7 Å². The van der Waals surface area contributed by atoms with E-state index in [2.05, 4.69) is 15.4 Å². The molecule has 0 unspecified atom stereocenters. The molecule has 2 N–H and O–H groups in total. The molecule has 1 saturated carbocycles. The molecule has 0 aromatic heterocycles. The van der Waals surface area contributed by atoms with Crippen LogP contribution in [0.25, 0.3) is 0 Å². The number of methoxy groups -OCH3 is 1. The van der Waals surface area contributed by atoms with Crippen molar-refractivity contribution in [2.75, 3.05) is 12.4 Å². The molecule has 0 spiro atoms. The fourth-order valence-electron chi connectivity index (χ4n) is 2.83. The van der Waals surface area contributed by atoms with Crippen molar-refractivity contribution >= 4 is 35.1 Å². The zero-order valence-electron chi connectivity index (χ0n) is 14.3. The maximum absolute atomic E-state index is 12.5. The van der Waals surface area contributed by atoms with E-state index < -0.39 is 5.97 Å². The smallest absolute Gasteiger partial charge is 0.306 e. The fourth-order valence-corrected chi connectivity index (χ4v) is 3.03. The van der Waals surface area contributed by atoms with E-state index in [1.807, 2.05) is 0 Å². The summed E-state index contributed by atoms with van der Waals surface area (Å²) in [6.45, 7) is 0. The lowest BCUT2D eigenvalue weighted by molar-refractivity contribution is -0.141. The molecule has 0 aliphatic heterocycles. The lowest BCUT2D eigenvalue weighted by Crippen LogP contribution is -2.36. The monoisotopic (exact) mass is 366 g/mol. The summed E-state index contributed by atoms with van der Waals surface area (Å²) in [5.41, 5.74) is 0.797. The first-order valence-electron chi connectivity index (χ1n) is 8.46. The Morgan fingerprint density at radius 2 is 1.88 bits per heavy atom. The average Bonchev–Trinajstić information content (AvgIpc) is 2.62. The van der Waals surface area contributed by atoms with Crippen molar-refractivity contribution in [3.63, 3.8) is 0 Å². The van der Waals surface area contributed by atoms with Crippen molar-refractivity contribution in [1.29, 1.82) is 0 Å². The third-order valence-electron chi connectivity index (χ3n) is 4.22. The standard InChI is InChI=1S/C18H23ClN2O4/c1-25-17(23)10-9-16(22)20-13-7-8-15(19)14(11-13)18(24)21-12-5-3-2-4-6-12/h7-8,11-12H,2-6,9-10H2,1H3,(H,20,22)(H,21,24). The van der Waals surface area contributed by atoms with Crippen LogP contribution in [-0.2, 0) is 14.3 Å². The van der Waals surface area contributed by atoms with E-state index in [1.54, 1.807) is 18.2 Å². The highest BCUT2D eigenvalue weighted by atomic mass is 35.5. The van der Waals surface area contributed by atoms with Gasteiger partial charge < -0.3 is 15.4 Å². The Labute approximate surface area is 152 Å². The van der Waals surface area contributed by atoms with E-state index in [4.69, 9.17) is 11.6 Å². The second-order valence-electron chi connectivity index (χ2n) is 6.13. The summed E-state index contributed by atoms with van der Waals surface area (Å²) in [7, 11) is 1.27. The molecule has 1 fully saturated rings. The van der Waals surface area contributed by atoms with Crippen LogP contribution < -0.4 is 10.6 Å². The minimum Gasteiger partial charge on any atom is -0.469 e. The fraction of sp³-hybridized carbons (Fsp3) is 0.500. The molecule has 7 heteroatoms. The SMILES string of the molecule is COC(=O)CCC(=O)Nc1ccc(Cl)c(C(=O)NC2CCCCC2)c1. The molecule has 25 heavy (non-hydrogen) atoms. The summed E-state index contributed by atoms with van der Waals surface area (Å²) in [5, 5.41) is 6.00. The van der Waals surface area contributed by atoms with Gasteiger partial charge in [-0.05, 0) is 31.0 Å². The minimum atomic E-state index is -0.446. The minimum absolute atomic E-state index is 0.00491. The van der Waals surface area contributed by atoms with Gasteiger partial charge in [0.25, 0.3) is 5.91 Å². The van der Waals surface area contributed by atoms with E-state index in [0.29, 0.717) is 16.3 Å². The molecule has 2 rings (SSSR count). The number of amides is 2.